The monoisotopic (exact) mass is 196 g/mol. The lowest BCUT2D eigenvalue weighted by molar-refractivity contribution is -0.122. The quantitative estimate of drug-likeness (QED) is 0.700. The van der Waals surface area contributed by atoms with Crippen molar-refractivity contribution in [3.05, 3.63) is 0 Å². The molecule has 0 rings (SSSR count). The van der Waals surface area contributed by atoms with Gasteiger partial charge in [-0.3, -0.25) is 4.79 Å². The summed E-state index contributed by atoms with van der Waals surface area (Å²) >= 11 is 0. The van der Waals surface area contributed by atoms with E-state index >= 15 is 0 Å². The predicted octanol–water partition coefficient (Wildman–Crippen LogP) is 2.09. The zero-order chi connectivity index (χ0) is 11.2. The molecular formula is C11H20N2O. The minimum atomic E-state index is 0.0441. The van der Waals surface area contributed by atoms with Crippen LogP contribution in [0.5, 0.6) is 0 Å². The van der Waals surface area contributed by atoms with E-state index in [1.54, 1.807) is 0 Å². The first kappa shape index (κ1) is 13.0. The lowest BCUT2D eigenvalue weighted by Crippen LogP contribution is -2.29. The highest BCUT2D eigenvalue weighted by Crippen LogP contribution is 2.27. The Bertz CT molecular complexity index is 222. The number of nitriles is 1. The molecule has 0 bridgehead atoms. The second-order valence-corrected chi connectivity index (χ2v) is 4.73. The van der Waals surface area contributed by atoms with Crippen LogP contribution < -0.4 is 5.32 Å². The second-order valence-electron chi connectivity index (χ2n) is 4.73. The SMILES string of the molecule is CC(CC(=O)NCCC#N)C(C)(C)C. The van der Waals surface area contributed by atoms with Crippen LogP contribution in [-0.2, 0) is 4.79 Å². The number of nitrogens with one attached hydrogen (secondary N) is 1. The maximum atomic E-state index is 11.4. The van der Waals surface area contributed by atoms with Gasteiger partial charge in [0, 0.05) is 13.0 Å². The van der Waals surface area contributed by atoms with E-state index < -0.39 is 0 Å². The molecule has 0 spiro atoms. The normalized spacial score (nSPS) is 13.1. The van der Waals surface area contributed by atoms with Crippen LogP contribution in [0.1, 0.15) is 40.5 Å². The molecule has 3 heteroatoms. The smallest absolute Gasteiger partial charge is 0.220 e. The van der Waals surface area contributed by atoms with Crippen molar-refractivity contribution >= 4 is 5.91 Å². The maximum Gasteiger partial charge on any atom is 0.220 e. The molecule has 14 heavy (non-hydrogen) atoms. The predicted molar refractivity (Wildman–Crippen MR) is 56.5 cm³/mol. The van der Waals surface area contributed by atoms with Gasteiger partial charge in [-0.05, 0) is 11.3 Å². The van der Waals surface area contributed by atoms with Crippen LogP contribution in [0.2, 0.25) is 0 Å². The molecule has 80 valence electrons. The lowest BCUT2D eigenvalue weighted by atomic mass is 9.80. The van der Waals surface area contributed by atoms with E-state index in [0.717, 1.165) is 0 Å². The number of nitrogens with zero attached hydrogens (tertiary/aromatic N) is 1. The van der Waals surface area contributed by atoms with Crippen molar-refractivity contribution in [1.82, 2.24) is 5.32 Å². The summed E-state index contributed by atoms with van der Waals surface area (Å²) in [5.74, 6) is 0.396. The van der Waals surface area contributed by atoms with Gasteiger partial charge in [0.1, 0.15) is 0 Å². The van der Waals surface area contributed by atoms with Crippen LogP contribution in [-0.4, -0.2) is 12.5 Å². The molecule has 0 radical (unpaired) electrons. The summed E-state index contributed by atoms with van der Waals surface area (Å²) in [5.41, 5.74) is 0.159. The minimum Gasteiger partial charge on any atom is -0.355 e. The summed E-state index contributed by atoms with van der Waals surface area (Å²) in [6.45, 7) is 8.91. The molecular weight excluding hydrogens is 176 g/mol. The van der Waals surface area contributed by atoms with E-state index in [2.05, 4.69) is 33.0 Å². The molecule has 0 heterocycles. The van der Waals surface area contributed by atoms with Crippen molar-refractivity contribution in [2.75, 3.05) is 6.54 Å². The standard InChI is InChI=1S/C11H20N2O/c1-9(11(2,3)4)8-10(14)13-7-5-6-12/h9H,5,7-8H2,1-4H3,(H,13,14). The Morgan fingerprint density at radius 1 is 1.50 bits per heavy atom. The fourth-order valence-electron chi connectivity index (χ4n) is 0.914. The Morgan fingerprint density at radius 3 is 2.50 bits per heavy atom. The van der Waals surface area contributed by atoms with Gasteiger partial charge in [-0.15, -0.1) is 0 Å². The molecule has 1 N–H and O–H groups in total. The van der Waals surface area contributed by atoms with E-state index in [-0.39, 0.29) is 11.3 Å². The van der Waals surface area contributed by atoms with E-state index in [0.29, 0.717) is 25.3 Å². The molecule has 0 aliphatic heterocycles. The van der Waals surface area contributed by atoms with Crippen molar-refractivity contribution in [2.45, 2.75) is 40.5 Å². The molecule has 1 unspecified atom stereocenters. The van der Waals surface area contributed by atoms with E-state index in [1.807, 2.05) is 6.07 Å². The fraction of sp³-hybridized carbons (Fsp3) is 0.818. The summed E-state index contributed by atoms with van der Waals surface area (Å²) in [6, 6.07) is 1.99. The number of rotatable bonds is 4. The molecule has 0 aromatic heterocycles. The van der Waals surface area contributed by atoms with Crippen molar-refractivity contribution in [2.24, 2.45) is 11.3 Å². The Kier molecular flexibility index (Phi) is 5.22. The average molecular weight is 196 g/mol. The lowest BCUT2D eigenvalue weighted by Gasteiger charge is -2.26. The molecule has 1 amide bonds. The molecule has 0 aromatic rings. The fourth-order valence-corrected chi connectivity index (χ4v) is 0.914. The van der Waals surface area contributed by atoms with Crippen molar-refractivity contribution in [1.29, 1.82) is 5.26 Å². The van der Waals surface area contributed by atoms with Crippen LogP contribution in [0.4, 0.5) is 0 Å². The summed E-state index contributed by atoms with van der Waals surface area (Å²) in [4.78, 5) is 11.4. The van der Waals surface area contributed by atoms with Crippen LogP contribution in [0.15, 0.2) is 0 Å². The Balaban J connectivity index is 3.79. The van der Waals surface area contributed by atoms with Crippen LogP contribution in [0.25, 0.3) is 0 Å². The highest BCUT2D eigenvalue weighted by atomic mass is 16.1. The maximum absolute atomic E-state index is 11.4. The number of hydrogen-bond donors (Lipinski definition) is 1. The van der Waals surface area contributed by atoms with Gasteiger partial charge in [0.05, 0.1) is 12.5 Å². The summed E-state index contributed by atoms with van der Waals surface area (Å²) < 4.78 is 0. The van der Waals surface area contributed by atoms with Gasteiger partial charge in [-0.2, -0.15) is 5.26 Å². The number of amides is 1. The molecule has 0 aromatic carbocycles. The first-order valence-electron chi connectivity index (χ1n) is 5.01. The zero-order valence-electron chi connectivity index (χ0n) is 9.55. The minimum absolute atomic E-state index is 0.0441. The molecule has 0 fully saturated rings. The van der Waals surface area contributed by atoms with Gasteiger partial charge in [-0.1, -0.05) is 27.7 Å². The van der Waals surface area contributed by atoms with E-state index in [9.17, 15) is 4.79 Å². The second kappa shape index (κ2) is 5.64. The third-order valence-corrected chi connectivity index (χ3v) is 2.53. The van der Waals surface area contributed by atoms with Crippen molar-refractivity contribution in [3.63, 3.8) is 0 Å². The highest BCUT2D eigenvalue weighted by Gasteiger charge is 2.22. The van der Waals surface area contributed by atoms with Crippen LogP contribution in [0.3, 0.4) is 0 Å². The summed E-state index contributed by atoms with van der Waals surface area (Å²) in [6.07, 6.45) is 0.921. The summed E-state index contributed by atoms with van der Waals surface area (Å²) in [7, 11) is 0. The number of carbonyl (C=O) groups is 1. The van der Waals surface area contributed by atoms with Gasteiger partial charge in [0.15, 0.2) is 0 Å². The van der Waals surface area contributed by atoms with Crippen LogP contribution >= 0.6 is 0 Å². The third kappa shape index (κ3) is 5.58. The van der Waals surface area contributed by atoms with Crippen molar-refractivity contribution < 1.29 is 4.79 Å². The largest absolute Gasteiger partial charge is 0.355 e. The molecule has 0 saturated carbocycles. The Hall–Kier alpha value is -1.04. The molecule has 0 saturated heterocycles. The number of carbonyl (C=O) groups excluding carboxylic acids is 1. The third-order valence-electron chi connectivity index (χ3n) is 2.53. The van der Waals surface area contributed by atoms with Gasteiger partial charge < -0.3 is 5.32 Å². The highest BCUT2D eigenvalue weighted by molar-refractivity contribution is 5.76. The first-order chi connectivity index (χ1) is 6.38. The Morgan fingerprint density at radius 2 is 2.07 bits per heavy atom. The average Bonchev–Trinajstić information content (AvgIpc) is 2.03. The van der Waals surface area contributed by atoms with E-state index in [1.165, 1.54) is 0 Å². The molecule has 3 nitrogen and oxygen atoms in total. The molecule has 0 aliphatic rings. The van der Waals surface area contributed by atoms with Gasteiger partial charge >= 0.3 is 0 Å². The van der Waals surface area contributed by atoms with Crippen LogP contribution in [0, 0.1) is 22.7 Å². The first-order valence-corrected chi connectivity index (χ1v) is 5.01. The zero-order valence-corrected chi connectivity index (χ0v) is 9.55. The molecule has 0 aliphatic carbocycles. The number of hydrogen-bond acceptors (Lipinski definition) is 2. The van der Waals surface area contributed by atoms with Gasteiger partial charge in [0.25, 0.3) is 0 Å². The van der Waals surface area contributed by atoms with Crippen molar-refractivity contribution in [3.8, 4) is 6.07 Å². The topological polar surface area (TPSA) is 52.9 Å². The Labute approximate surface area is 86.5 Å². The van der Waals surface area contributed by atoms with E-state index in [4.69, 9.17) is 5.26 Å². The molecule has 1 atom stereocenters. The summed E-state index contributed by atoms with van der Waals surface area (Å²) in [5, 5.41) is 11.0. The van der Waals surface area contributed by atoms with Gasteiger partial charge in [-0.25, -0.2) is 0 Å². The van der Waals surface area contributed by atoms with Gasteiger partial charge in [0.2, 0.25) is 5.91 Å².